The zero-order chi connectivity index (χ0) is 22.7. The first-order valence-electron chi connectivity index (χ1n) is 10.4. The van der Waals surface area contributed by atoms with E-state index in [1.165, 1.54) is 23.5 Å². The van der Waals surface area contributed by atoms with Crippen molar-refractivity contribution in [3.8, 4) is 0 Å². The molecule has 7 nitrogen and oxygen atoms in total. The maximum absolute atomic E-state index is 13.8. The molecule has 0 aliphatic carbocycles. The number of carbonyl (C=O) groups is 1. The van der Waals surface area contributed by atoms with Crippen LogP contribution in [0.4, 0.5) is 4.39 Å². The Morgan fingerprint density at radius 1 is 1.47 bits per heavy atom. The van der Waals surface area contributed by atoms with Crippen molar-refractivity contribution in [2.24, 2.45) is 10.9 Å². The Morgan fingerprint density at radius 2 is 2.31 bits per heavy atom. The van der Waals surface area contributed by atoms with Gasteiger partial charge in [-0.05, 0) is 37.0 Å². The summed E-state index contributed by atoms with van der Waals surface area (Å²) >= 11 is 4.93. The number of aromatic nitrogens is 1. The van der Waals surface area contributed by atoms with E-state index in [-0.39, 0.29) is 24.9 Å². The number of nitrogens with zero attached hydrogens (tertiary/aromatic N) is 3. The van der Waals surface area contributed by atoms with Crippen LogP contribution in [-0.2, 0) is 9.53 Å². The van der Waals surface area contributed by atoms with Gasteiger partial charge >= 0.3 is 5.97 Å². The number of rotatable bonds is 8. The summed E-state index contributed by atoms with van der Waals surface area (Å²) in [5.74, 6) is 0.138. The molecule has 170 valence electrons. The summed E-state index contributed by atoms with van der Waals surface area (Å²) < 4.78 is 19.8. The van der Waals surface area contributed by atoms with Crippen LogP contribution in [0.5, 0.6) is 0 Å². The normalized spacial score (nSPS) is 20.4. The summed E-state index contributed by atoms with van der Waals surface area (Å²) in [6, 6.07) is 3.76. The summed E-state index contributed by atoms with van der Waals surface area (Å²) in [7, 11) is 0. The van der Waals surface area contributed by atoms with Crippen LogP contribution in [0.25, 0.3) is 0 Å². The van der Waals surface area contributed by atoms with Crippen LogP contribution >= 0.6 is 27.3 Å². The zero-order valence-electron chi connectivity index (χ0n) is 17.6. The van der Waals surface area contributed by atoms with Gasteiger partial charge in [0, 0.05) is 41.4 Å². The topological polar surface area (TPSA) is 87.0 Å². The van der Waals surface area contributed by atoms with E-state index < -0.39 is 12.0 Å². The fourth-order valence-electron chi connectivity index (χ4n) is 4.11. The van der Waals surface area contributed by atoms with Crippen LogP contribution in [0.1, 0.15) is 30.0 Å². The Morgan fingerprint density at radius 3 is 3.00 bits per heavy atom. The lowest BCUT2D eigenvalue weighted by Gasteiger charge is -2.32. The molecule has 32 heavy (non-hydrogen) atoms. The van der Waals surface area contributed by atoms with Gasteiger partial charge < -0.3 is 20.1 Å². The third-order valence-electron chi connectivity index (χ3n) is 5.44. The van der Waals surface area contributed by atoms with E-state index in [9.17, 15) is 9.18 Å². The molecule has 0 radical (unpaired) electrons. The van der Waals surface area contributed by atoms with Crippen molar-refractivity contribution >= 4 is 39.1 Å². The molecular formula is C22H24BrFN4O3S. The molecular weight excluding hydrogens is 499 g/mol. The Hall–Kier alpha value is -2.14. The van der Waals surface area contributed by atoms with Crippen LogP contribution in [-0.4, -0.2) is 59.6 Å². The van der Waals surface area contributed by atoms with Crippen molar-refractivity contribution in [2.45, 2.75) is 19.4 Å². The molecule has 0 spiro atoms. The minimum absolute atomic E-state index is 0.0691. The van der Waals surface area contributed by atoms with Gasteiger partial charge in [-0.1, -0.05) is 22.0 Å². The van der Waals surface area contributed by atoms with Gasteiger partial charge in [-0.15, -0.1) is 11.3 Å². The molecule has 2 aliphatic heterocycles. The van der Waals surface area contributed by atoms with Gasteiger partial charge in [0.15, 0.2) is 10.8 Å². The van der Waals surface area contributed by atoms with Crippen LogP contribution in [0.3, 0.4) is 0 Å². The molecule has 1 fully saturated rings. The van der Waals surface area contributed by atoms with Gasteiger partial charge in [0.2, 0.25) is 0 Å². The number of carbonyl (C=O) groups excluding carboxylic acids is 1. The Balaban J connectivity index is 1.82. The van der Waals surface area contributed by atoms with Crippen molar-refractivity contribution in [3.05, 3.63) is 61.9 Å². The van der Waals surface area contributed by atoms with Gasteiger partial charge in [0.05, 0.1) is 18.8 Å². The number of aliphatic hydroxyl groups excluding tert-OH is 1. The number of esters is 1. The minimum Gasteiger partial charge on any atom is -0.463 e. The molecule has 2 aliphatic rings. The Kier molecular flexibility index (Phi) is 7.34. The minimum atomic E-state index is -0.640. The molecule has 2 unspecified atom stereocenters. The van der Waals surface area contributed by atoms with Gasteiger partial charge in [-0.3, -0.25) is 4.99 Å². The quantitative estimate of drug-likeness (QED) is 0.408. The standard InChI is InChI=1S/C22H24BrFN4O3S/c1-2-31-22(30)18-17-9-13(11-25-5-7-29)12-28(17)20(21-26-6-8-32-21)27-19(18)15-4-3-14(24)10-16(15)23/h3-4,6,8,10,13,19,25,29H,2,5,7,9,11-12H2,1H3. The molecule has 1 saturated heterocycles. The highest BCUT2D eigenvalue weighted by Crippen LogP contribution is 2.43. The van der Waals surface area contributed by atoms with E-state index in [4.69, 9.17) is 14.8 Å². The number of hydrogen-bond donors (Lipinski definition) is 2. The average molecular weight is 523 g/mol. The molecule has 0 bridgehead atoms. The molecule has 2 atom stereocenters. The Bertz CT molecular complexity index is 1040. The molecule has 2 aromatic rings. The summed E-state index contributed by atoms with van der Waals surface area (Å²) in [4.78, 5) is 24.6. The smallest absolute Gasteiger partial charge is 0.338 e. The SMILES string of the molecule is CCOC(=O)C1=C2CC(CNCCO)CN2C(c2nccs2)=NC1c1ccc(F)cc1Br. The number of fused-ring (bicyclic) bond motifs is 1. The second kappa shape index (κ2) is 10.2. The van der Waals surface area contributed by atoms with Gasteiger partial charge in [-0.2, -0.15) is 0 Å². The molecule has 2 N–H and O–H groups in total. The van der Waals surface area contributed by atoms with Crippen molar-refractivity contribution in [1.29, 1.82) is 0 Å². The highest BCUT2D eigenvalue weighted by molar-refractivity contribution is 9.10. The lowest BCUT2D eigenvalue weighted by atomic mass is 9.94. The molecule has 1 aromatic carbocycles. The monoisotopic (exact) mass is 522 g/mol. The second-order valence-corrected chi connectivity index (χ2v) is 9.30. The first kappa shape index (κ1) is 23.0. The fraction of sp³-hybridized carbons (Fsp3) is 0.409. The number of halogens is 2. The van der Waals surface area contributed by atoms with E-state index in [1.807, 2.05) is 5.38 Å². The van der Waals surface area contributed by atoms with Crippen LogP contribution in [0, 0.1) is 11.7 Å². The number of allylic oxidation sites excluding steroid dienone is 1. The molecule has 3 heterocycles. The summed E-state index contributed by atoms with van der Waals surface area (Å²) in [5, 5.41) is 15.0. The first-order valence-corrected chi connectivity index (χ1v) is 12.1. The summed E-state index contributed by atoms with van der Waals surface area (Å²) in [5.41, 5.74) is 2.03. The number of nitrogens with one attached hydrogen (secondary N) is 1. The maximum atomic E-state index is 13.8. The number of ether oxygens (including phenoxy) is 1. The number of thiazole rings is 1. The lowest BCUT2D eigenvalue weighted by Crippen LogP contribution is -2.36. The highest BCUT2D eigenvalue weighted by atomic mass is 79.9. The number of aliphatic hydroxyl groups is 1. The van der Waals surface area contributed by atoms with Gasteiger partial charge in [0.1, 0.15) is 11.9 Å². The summed E-state index contributed by atoms with van der Waals surface area (Å²) in [6.07, 6.45) is 2.39. The average Bonchev–Trinajstić information content (AvgIpc) is 3.43. The predicted molar refractivity (Wildman–Crippen MR) is 124 cm³/mol. The molecule has 0 saturated carbocycles. The van der Waals surface area contributed by atoms with E-state index in [1.54, 1.807) is 19.2 Å². The van der Waals surface area contributed by atoms with E-state index in [0.717, 1.165) is 10.7 Å². The lowest BCUT2D eigenvalue weighted by molar-refractivity contribution is -0.139. The first-order chi connectivity index (χ1) is 15.5. The molecule has 10 heteroatoms. The van der Waals surface area contributed by atoms with Crippen molar-refractivity contribution in [3.63, 3.8) is 0 Å². The second-order valence-electron chi connectivity index (χ2n) is 7.55. The van der Waals surface area contributed by atoms with Crippen LogP contribution in [0.2, 0.25) is 0 Å². The Labute approximate surface area is 198 Å². The molecule has 1 aromatic heterocycles. The third kappa shape index (κ3) is 4.63. The van der Waals surface area contributed by atoms with Crippen molar-refractivity contribution < 1.29 is 19.0 Å². The predicted octanol–water partition coefficient (Wildman–Crippen LogP) is 3.27. The van der Waals surface area contributed by atoms with Crippen LogP contribution in [0.15, 0.2) is 50.5 Å². The van der Waals surface area contributed by atoms with Gasteiger partial charge in [0.25, 0.3) is 0 Å². The molecule has 0 amide bonds. The third-order valence-corrected chi connectivity index (χ3v) is 6.89. The largest absolute Gasteiger partial charge is 0.463 e. The highest BCUT2D eigenvalue weighted by Gasteiger charge is 2.42. The zero-order valence-corrected chi connectivity index (χ0v) is 20.0. The van der Waals surface area contributed by atoms with Gasteiger partial charge in [-0.25, -0.2) is 14.2 Å². The van der Waals surface area contributed by atoms with Crippen LogP contribution < -0.4 is 5.32 Å². The fourth-order valence-corrected chi connectivity index (χ4v) is 5.32. The van der Waals surface area contributed by atoms with E-state index in [0.29, 0.717) is 47.5 Å². The maximum Gasteiger partial charge on any atom is 0.338 e. The summed E-state index contributed by atoms with van der Waals surface area (Å²) in [6.45, 7) is 3.97. The number of aliphatic imine (C=N–C) groups is 1. The number of benzene rings is 1. The number of hydrogen-bond acceptors (Lipinski definition) is 8. The van der Waals surface area contributed by atoms with E-state index in [2.05, 4.69) is 31.1 Å². The van der Waals surface area contributed by atoms with E-state index >= 15 is 0 Å². The molecule has 4 rings (SSSR count). The van der Waals surface area contributed by atoms with Crippen molar-refractivity contribution in [2.75, 3.05) is 32.8 Å². The number of amidine groups is 1. The van der Waals surface area contributed by atoms with Crippen molar-refractivity contribution in [1.82, 2.24) is 15.2 Å².